The summed E-state index contributed by atoms with van der Waals surface area (Å²) in [5.74, 6) is 10.6. The van der Waals surface area contributed by atoms with Crippen molar-refractivity contribution in [2.45, 2.75) is 33.1 Å². The Morgan fingerprint density at radius 1 is 0.615 bits per heavy atom. The van der Waals surface area contributed by atoms with E-state index in [1.54, 1.807) is 0 Å². The Morgan fingerprint density at radius 3 is 1.62 bits per heavy atom. The van der Waals surface area contributed by atoms with Crippen LogP contribution in [0.4, 0.5) is 0 Å². The van der Waals surface area contributed by atoms with E-state index >= 15 is 0 Å². The molecule has 0 amide bonds. The minimum absolute atomic E-state index is 0.573. The van der Waals surface area contributed by atoms with E-state index in [4.69, 9.17) is 0 Å². The second-order valence-corrected chi connectivity index (χ2v) is 15.2. The fraction of sp³-hybridized carbons (Fsp3) is 0.778. The van der Waals surface area contributed by atoms with Gasteiger partial charge in [0.15, 0.2) is 68.4 Å². The Balaban J connectivity index is 0.000000176. The third-order valence-electron chi connectivity index (χ3n) is 3.11. The largest absolute Gasteiger partial charge is 0.222 e. The molecule has 0 aromatic carbocycles. The molecule has 0 fully saturated rings. The van der Waals surface area contributed by atoms with E-state index in [1.807, 2.05) is 92.5 Å². The first kappa shape index (κ1) is 25.8. The van der Waals surface area contributed by atoms with E-state index in [0.717, 1.165) is 0 Å². The van der Waals surface area contributed by atoms with Crippen LogP contribution < -0.4 is 0 Å². The lowest BCUT2D eigenvalue weighted by atomic mass is 10.0. The van der Waals surface area contributed by atoms with Crippen LogP contribution in [0, 0.1) is 5.41 Å². The third kappa shape index (κ3) is 17.8. The fourth-order valence-electron chi connectivity index (χ4n) is 1.73. The maximum atomic E-state index is 2.32. The number of hydrogen-bond donors (Lipinski definition) is 0. The number of rotatable bonds is 0. The summed E-state index contributed by atoms with van der Waals surface area (Å²) < 4.78 is 8.92. The standard InChI is InChI=1S/C6H11S2.C5H9S2.C4H7S2.C3H5S2/c1-6(2)3-7-5-8-4-6;1-2-4-7-5-6-3-1;1-2-5-4-6-3-1;1-2-5-3-4-1/h5H,3-4H2,1-2H3;5H,1-4H2;4H,1-3H2;3H,1-2H2/q4*+1. The molecule has 0 unspecified atom stereocenters. The molecular weight excluding hydrogens is 473 g/mol. The van der Waals surface area contributed by atoms with Gasteiger partial charge in [0, 0.05) is 35.5 Å². The van der Waals surface area contributed by atoms with Gasteiger partial charge >= 0.3 is 0 Å². The van der Waals surface area contributed by atoms with Crippen LogP contribution in [0.1, 0.15) is 33.1 Å². The Morgan fingerprint density at radius 2 is 1.19 bits per heavy atom. The Labute approximate surface area is 194 Å². The monoisotopic (exact) mass is 504 g/mol. The molecule has 0 saturated heterocycles. The first-order chi connectivity index (χ1) is 12.7. The minimum atomic E-state index is 0.573. The van der Waals surface area contributed by atoms with Gasteiger partial charge in [-0.1, -0.05) is 60.9 Å². The lowest BCUT2D eigenvalue weighted by Gasteiger charge is -2.16. The highest BCUT2D eigenvalue weighted by Gasteiger charge is 2.26. The summed E-state index contributed by atoms with van der Waals surface area (Å²) in [4.78, 5) is 0. The quantitative estimate of drug-likeness (QED) is 0.352. The van der Waals surface area contributed by atoms with Crippen LogP contribution in [-0.4, -0.2) is 64.8 Å². The van der Waals surface area contributed by atoms with Crippen molar-refractivity contribution in [3.63, 3.8) is 0 Å². The van der Waals surface area contributed by atoms with E-state index in [0.29, 0.717) is 5.41 Å². The van der Waals surface area contributed by atoms with Crippen LogP contribution >= 0.6 is 47.0 Å². The molecule has 0 nitrogen and oxygen atoms in total. The zero-order valence-corrected chi connectivity index (χ0v) is 22.4. The normalized spacial score (nSPS) is 22.7. The van der Waals surface area contributed by atoms with Crippen molar-refractivity contribution in [3.05, 3.63) is 0 Å². The van der Waals surface area contributed by atoms with Crippen LogP contribution in [0.15, 0.2) is 0 Å². The van der Waals surface area contributed by atoms with Crippen LogP contribution in [0.3, 0.4) is 0 Å². The zero-order chi connectivity index (χ0) is 18.8. The molecule has 0 aromatic heterocycles. The molecule has 4 rings (SSSR count). The second-order valence-electron chi connectivity index (χ2n) is 6.46. The first-order valence-electron chi connectivity index (χ1n) is 8.90. The van der Waals surface area contributed by atoms with Crippen LogP contribution in [-0.2, 0) is 45.4 Å². The van der Waals surface area contributed by atoms with E-state index in [-0.39, 0.29) is 0 Å². The minimum Gasteiger partial charge on any atom is -0.0733 e. The summed E-state index contributed by atoms with van der Waals surface area (Å²) in [6.45, 7) is 4.64. The average Bonchev–Trinajstić information content (AvgIpc) is 3.12. The fourth-order valence-corrected chi connectivity index (χ4v) is 9.68. The Bertz CT molecular complexity index is 420. The van der Waals surface area contributed by atoms with Gasteiger partial charge in [0.2, 0.25) is 18.8 Å². The molecule has 148 valence electrons. The van der Waals surface area contributed by atoms with Gasteiger partial charge in [-0.05, 0) is 6.42 Å². The van der Waals surface area contributed by atoms with Gasteiger partial charge in [-0.25, -0.2) is 0 Å². The van der Waals surface area contributed by atoms with Gasteiger partial charge in [0.25, 0.3) is 0 Å². The molecule has 4 aliphatic heterocycles. The highest BCUT2D eigenvalue weighted by Crippen LogP contribution is 2.23. The van der Waals surface area contributed by atoms with E-state index in [9.17, 15) is 0 Å². The molecule has 0 bridgehead atoms. The third-order valence-corrected chi connectivity index (χ3v) is 12.6. The molecular formula is C18H32S8+4. The van der Waals surface area contributed by atoms with Crippen molar-refractivity contribution >= 4 is 111 Å². The Hall–Kier alpha value is 1.76. The lowest BCUT2D eigenvalue weighted by molar-refractivity contribution is 0.493. The van der Waals surface area contributed by atoms with Crippen molar-refractivity contribution < 1.29 is 0 Å². The maximum Gasteiger partial charge on any atom is 0.222 e. The van der Waals surface area contributed by atoms with E-state index < -0.39 is 0 Å². The molecule has 0 spiro atoms. The number of thioether (sulfide) groups is 4. The summed E-state index contributed by atoms with van der Waals surface area (Å²) in [6, 6.07) is 0. The first-order valence-corrected chi connectivity index (χ1v) is 17.3. The molecule has 0 aliphatic carbocycles. The molecule has 0 aromatic rings. The van der Waals surface area contributed by atoms with Crippen molar-refractivity contribution in [1.82, 2.24) is 0 Å². The van der Waals surface area contributed by atoms with Gasteiger partial charge in [-0.15, -0.1) is 0 Å². The predicted molar refractivity (Wildman–Crippen MR) is 151 cm³/mol. The summed E-state index contributed by atoms with van der Waals surface area (Å²) in [5.41, 5.74) is 0.573. The van der Waals surface area contributed by atoms with Gasteiger partial charge < -0.3 is 0 Å². The molecule has 0 saturated carbocycles. The smallest absolute Gasteiger partial charge is 0.0733 e. The second kappa shape index (κ2) is 18.8. The van der Waals surface area contributed by atoms with Gasteiger partial charge in [0.05, 0.1) is 5.75 Å². The molecule has 4 aliphatic rings. The van der Waals surface area contributed by atoms with Crippen molar-refractivity contribution in [2.75, 3.05) is 46.0 Å². The van der Waals surface area contributed by atoms with Gasteiger partial charge in [0.1, 0.15) is 0 Å². The van der Waals surface area contributed by atoms with Crippen LogP contribution in [0.25, 0.3) is 0 Å². The van der Waals surface area contributed by atoms with Gasteiger partial charge in [-0.3, -0.25) is 0 Å². The summed E-state index contributed by atoms with van der Waals surface area (Å²) in [5, 5.41) is 0. The van der Waals surface area contributed by atoms with Crippen LogP contribution in [0.5, 0.6) is 0 Å². The summed E-state index contributed by atoms with van der Waals surface area (Å²) >= 11 is 15.5. The van der Waals surface area contributed by atoms with Crippen molar-refractivity contribution in [2.24, 2.45) is 5.41 Å². The molecule has 0 N–H and O–H groups in total. The maximum absolute atomic E-state index is 2.32. The molecule has 0 radical (unpaired) electrons. The zero-order valence-electron chi connectivity index (χ0n) is 15.9. The van der Waals surface area contributed by atoms with E-state index in [2.05, 4.69) is 32.6 Å². The van der Waals surface area contributed by atoms with Crippen molar-refractivity contribution in [1.29, 1.82) is 0 Å². The van der Waals surface area contributed by atoms with Crippen molar-refractivity contribution in [3.8, 4) is 0 Å². The summed E-state index contributed by atoms with van der Waals surface area (Å²) in [6.07, 6.45) is 4.22. The van der Waals surface area contributed by atoms with Crippen LogP contribution in [0.2, 0.25) is 0 Å². The highest BCUT2D eigenvalue weighted by atomic mass is 32.2. The summed E-state index contributed by atoms with van der Waals surface area (Å²) in [7, 11) is 0. The lowest BCUT2D eigenvalue weighted by Crippen LogP contribution is -2.22. The average molecular weight is 505 g/mol. The topological polar surface area (TPSA) is 0 Å². The predicted octanol–water partition coefficient (Wildman–Crippen LogP) is 4.50. The number of hydrogen-bond acceptors (Lipinski definition) is 4. The highest BCUT2D eigenvalue weighted by molar-refractivity contribution is 8.22. The molecule has 8 heteroatoms. The molecule has 0 atom stereocenters. The van der Waals surface area contributed by atoms with Gasteiger partial charge in [-0.2, -0.15) is 0 Å². The molecule has 26 heavy (non-hydrogen) atoms. The molecule has 4 heterocycles. The Kier molecular flexibility index (Phi) is 18.6. The SMILES string of the molecule is C1=[S+]CCCCS1.C1=[S+]CCCS1.C1=[S+]CCS1.CC1(C)CSC=[S+]C1. The van der Waals surface area contributed by atoms with E-state index in [1.165, 1.54) is 65.3 Å².